The molecule has 0 spiro atoms. The van der Waals surface area contributed by atoms with E-state index in [4.69, 9.17) is 11.6 Å². The highest BCUT2D eigenvalue weighted by molar-refractivity contribution is 6.31. The molecule has 2 aliphatic heterocycles. The van der Waals surface area contributed by atoms with E-state index in [-0.39, 0.29) is 5.92 Å². The molecule has 0 aromatic heterocycles. The zero-order chi connectivity index (χ0) is 19.3. The van der Waals surface area contributed by atoms with Gasteiger partial charge in [-0.05, 0) is 63.3 Å². The van der Waals surface area contributed by atoms with Crippen molar-refractivity contribution in [2.45, 2.75) is 50.6 Å². The Labute approximate surface area is 173 Å². The van der Waals surface area contributed by atoms with Crippen molar-refractivity contribution in [2.75, 3.05) is 32.7 Å². The van der Waals surface area contributed by atoms with Gasteiger partial charge in [0.25, 0.3) is 0 Å². The molecule has 0 radical (unpaired) electrons. The van der Waals surface area contributed by atoms with Crippen molar-refractivity contribution < 1.29 is 4.79 Å². The van der Waals surface area contributed by atoms with Crippen molar-refractivity contribution >= 4 is 23.6 Å². The molecule has 1 saturated carbocycles. The fourth-order valence-electron chi connectivity index (χ4n) is 4.51. The van der Waals surface area contributed by atoms with Crippen molar-refractivity contribution in [3.63, 3.8) is 0 Å². The topological polar surface area (TPSA) is 35.6 Å². The molecule has 4 rings (SSSR count). The zero-order valence-corrected chi connectivity index (χ0v) is 17.4. The van der Waals surface area contributed by atoms with Crippen LogP contribution in [0.2, 0.25) is 0 Å². The second-order valence-corrected chi connectivity index (χ2v) is 9.09. The van der Waals surface area contributed by atoms with Gasteiger partial charge in [-0.2, -0.15) is 0 Å². The molecule has 2 heterocycles. The summed E-state index contributed by atoms with van der Waals surface area (Å²) in [6, 6.07) is 11.4. The molecular weight excluding hydrogens is 370 g/mol. The van der Waals surface area contributed by atoms with Crippen LogP contribution in [0.5, 0.6) is 0 Å². The molecule has 2 saturated heterocycles. The molecule has 4 nitrogen and oxygen atoms in total. The second-order valence-electron chi connectivity index (χ2n) is 8.60. The predicted octanol–water partition coefficient (Wildman–Crippen LogP) is 3.72. The third-order valence-corrected chi connectivity index (χ3v) is 6.62. The number of carbonyl (C=O) groups excluding carboxylic acids is 1. The molecular formula is C23H32ClN3O. The summed E-state index contributed by atoms with van der Waals surface area (Å²) >= 11 is 6.49. The van der Waals surface area contributed by atoms with E-state index in [0.29, 0.717) is 18.0 Å². The molecule has 1 aliphatic carbocycles. The summed E-state index contributed by atoms with van der Waals surface area (Å²) < 4.78 is 0. The van der Waals surface area contributed by atoms with E-state index < -0.39 is 0 Å². The SMILES string of the molecule is O=C(NC1CC1)C1CCN(C2CCN(CC(Cl)=Cc3ccccc3)CC2)CC1. The lowest BCUT2D eigenvalue weighted by Crippen LogP contribution is -2.49. The summed E-state index contributed by atoms with van der Waals surface area (Å²) in [4.78, 5) is 17.3. The molecule has 0 atom stereocenters. The van der Waals surface area contributed by atoms with E-state index >= 15 is 0 Å². The molecule has 1 aromatic rings. The van der Waals surface area contributed by atoms with Gasteiger partial charge in [0.05, 0.1) is 0 Å². The maximum Gasteiger partial charge on any atom is 0.223 e. The number of hydrogen-bond donors (Lipinski definition) is 1. The summed E-state index contributed by atoms with van der Waals surface area (Å²) in [5, 5.41) is 4.09. The number of halogens is 1. The lowest BCUT2D eigenvalue weighted by molar-refractivity contribution is -0.126. The maximum atomic E-state index is 12.3. The molecule has 1 aromatic carbocycles. The minimum Gasteiger partial charge on any atom is -0.353 e. The Kier molecular flexibility index (Phi) is 6.71. The number of hydrogen-bond acceptors (Lipinski definition) is 3. The minimum atomic E-state index is 0.235. The van der Waals surface area contributed by atoms with E-state index in [1.54, 1.807) is 0 Å². The first-order valence-electron chi connectivity index (χ1n) is 10.9. The van der Waals surface area contributed by atoms with E-state index in [9.17, 15) is 4.79 Å². The molecule has 28 heavy (non-hydrogen) atoms. The second kappa shape index (κ2) is 9.43. The Bertz CT molecular complexity index is 672. The highest BCUT2D eigenvalue weighted by atomic mass is 35.5. The van der Waals surface area contributed by atoms with E-state index in [2.05, 4.69) is 33.3 Å². The Morgan fingerprint density at radius 2 is 1.68 bits per heavy atom. The van der Waals surface area contributed by atoms with Gasteiger partial charge in [-0.1, -0.05) is 41.9 Å². The van der Waals surface area contributed by atoms with Crippen LogP contribution in [-0.2, 0) is 4.79 Å². The van der Waals surface area contributed by atoms with E-state index in [1.807, 2.05) is 18.2 Å². The highest BCUT2D eigenvalue weighted by Crippen LogP contribution is 2.26. The summed E-state index contributed by atoms with van der Waals surface area (Å²) in [6.07, 6.45) is 8.87. The van der Waals surface area contributed by atoms with Crippen molar-refractivity contribution in [3.05, 3.63) is 40.9 Å². The molecule has 3 aliphatic rings. The smallest absolute Gasteiger partial charge is 0.223 e. The first-order valence-corrected chi connectivity index (χ1v) is 11.2. The maximum absolute atomic E-state index is 12.3. The van der Waals surface area contributed by atoms with Crippen LogP contribution in [0.3, 0.4) is 0 Å². The predicted molar refractivity (Wildman–Crippen MR) is 115 cm³/mol. The van der Waals surface area contributed by atoms with Crippen molar-refractivity contribution in [1.82, 2.24) is 15.1 Å². The third kappa shape index (κ3) is 5.59. The molecule has 5 heteroatoms. The van der Waals surface area contributed by atoms with Gasteiger partial charge in [-0.15, -0.1) is 0 Å². The summed E-state index contributed by atoms with van der Waals surface area (Å²) in [5.74, 6) is 0.538. The first-order chi connectivity index (χ1) is 13.7. The zero-order valence-electron chi connectivity index (χ0n) is 16.7. The number of piperidine rings is 2. The van der Waals surface area contributed by atoms with E-state index in [1.165, 1.54) is 25.7 Å². The van der Waals surface area contributed by atoms with Crippen molar-refractivity contribution in [3.8, 4) is 0 Å². The summed E-state index contributed by atoms with van der Waals surface area (Å²) in [5.41, 5.74) is 1.16. The number of likely N-dealkylation sites (tertiary alicyclic amines) is 2. The molecule has 0 bridgehead atoms. The number of rotatable bonds is 6. The quantitative estimate of drug-likeness (QED) is 0.789. The van der Waals surface area contributed by atoms with Gasteiger partial charge < -0.3 is 10.2 Å². The van der Waals surface area contributed by atoms with Crippen LogP contribution in [0.15, 0.2) is 35.4 Å². The Morgan fingerprint density at radius 3 is 2.32 bits per heavy atom. The van der Waals surface area contributed by atoms with Crippen LogP contribution in [0, 0.1) is 5.92 Å². The average Bonchev–Trinajstić information content (AvgIpc) is 3.53. The average molecular weight is 402 g/mol. The Morgan fingerprint density at radius 1 is 1.00 bits per heavy atom. The van der Waals surface area contributed by atoms with Gasteiger partial charge >= 0.3 is 0 Å². The van der Waals surface area contributed by atoms with E-state index in [0.717, 1.165) is 56.2 Å². The third-order valence-electron chi connectivity index (χ3n) is 6.40. The summed E-state index contributed by atoms with van der Waals surface area (Å²) in [6.45, 7) is 5.19. The largest absolute Gasteiger partial charge is 0.353 e. The van der Waals surface area contributed by atoms with Gasteiger partial charge in [0.15, 0.2) is 0 Å². The van der Waals surface area contributed by atoms with Gasteiger partial charge in [-0.25, -0.2) is 0 Å². The van der Waals surface area contributed by atoms with Gasteiger partial charge in [-0.3, -0.25) is 9.69 Å². The lowest BCUT2D eigenvalue weighted by atomic mass is 9.92. The fourth-order valence-corrected chi connectivity index (χ4v) is 4.80. The standard InChI is InChI=1S/C23H32ClN3O/c24-20(16-18-4-2-1-3-5-18)17-26-12-10-22(11-13-26)27-14-8-19(9-15-27)23(28)25-21-6-7-21/h1-5,16,19,21-22H,6-15,17H2,(H,25,28). The lowest BCUT2D eigenvalue weighted by Gasteiger charge is -2.41. The van der Waals surface area contributed by atoms with Gasteiger partial charge in [0.1, 0.15) is 0 Å². The number of carbonyl (C=O) groups is 1. The van der Waals surface area contributed by atoms with Crippen LogP contribution in [0.25, 0.3) is 6.08 Å². The molecule has 0 unspecified atom stereocenters. The normalized spacial score (nSPS) is 23.7. The highest BCUT2D eigenvalue weighted by Gasteiger charge is 2.32. The van der Waals surface area contributed by atoms with Gasteiger partial charge in [0.2, 0.25) is 5.91 Å². The molecule has 3 fully saturated rings. The van der Waals surface area contributed by atoms with Crippen LogP contribution in [0.1, 0.15) is 44.1 Å². The molecule has 152 valence electrons. The Balaban J connectivity index is 1.18. The van der Waals surface area contributed by atoms with Crippen molar-refractivity contribution in [1.29, 1.82) is 0 Å². The number of nitrogens with one attached hydrogen (secondary N) is 1. The van der Waals surface area contributed by atoms with Crippen LogP contribution in [0.4, 0.5) is 0 Å². The van der Waals surface area contributed by atoms with Crippen LogP contribution in [-0.4, -0.2) is 60.5 Å². The first kappa shape index (κ1) is 19.9. The van der Waals surface area contributed by atoms with Crippen LogP contribution < -0.4 is 5.32 Å². The summed E-state index contributed by atoms with van der Waals surface area (Å²) in [7, 11) is 0. The Hall–Kier alpha value is -1.36. The number of amides is 1. The van der Waals surface area contributed by atoms with Gasteiger partial charge in [0, 0.05) is 42.7 Å². The molecule has 1 amide bonds. The van der Waals surface area contributed by atoms with Crippen molar-refractivity contribution in [2.24, 2.45) is 5.92 Å². The molecule has 1 N–H and O–H groups in total. The minimum absolute atomic E-state index is 0.235. The number of nitrogens with zero attached hydrogens (tertiary/aromatic N) is 2. The fraction of sp³-hybridized carbons (Fsp3) is 0.609. The number of benzene rings is 1. The van der Waals surface area contributed by atoms with Crippen LogP contribution >= 0.6 is 11.6 Å². The monoisotopic (exact) mass is 401 g/mol.